The van der Waals surface area contributed by atoms with Crippen LogP contribution in [0.2, 0.25) is 0 Å². The van der Waals surface area contributed by atoms with Gasteiger partial charge in [0.1, 0.15) is 5.82 Å². The number of hydrogen-bond acceptors (Lipinski definition) is 5. The summed E-state index contributed by atoms with van der Waals surface area (Å²) in [5.74, 6) is 0.588. The van der Waals surface area contributed by atoms with Crippen molar-refractivity contribution in [1.29, 1.82) is 0 Å². The predicted molar refractivity (Wildman–Crippen MR) is 109 cm³/mol. The molecular formula is C21H27N5O2. The van der Waals surface area contributed by atoms with Crippen molar-refractivity contribution >= 4 is 0 Å². The Morgan fingerprint density at radius 3 is 2.71 bits per heavy atom. The third kappa shape index (κ3) is 4.94. The Balaban J connectivity index is 1.77. The number of aromatic nitrogens is 4. The number of aromatic amines is 2. The lowest BCUT2D eigenvalue weighted by molar-refractivity contribution is 0.201. The molecule has 28 heavy (non-hydrogen) atoms. The van der Waals surface area contributed by atoms with Crippen molar-refractivity contribution in [3.05, 3.63) is 68.9 Å². The third-order valence-electron chi connectivity index (χ3n) is 4.72. The fourth-order valence-corrected chi connectivity index (χ4v) is 3.24. The van der Waals surface area contributed by atoms with E-state index in [1.54, 1.807) is 7.11 Å². The van der Waals surface area contributed by atoms with E-state index in [1.165, 1.54) is 11.6 Å². The van der Waals surface area contributed by atoms with Gasteiger partial charge in [0, 0.05) is 49.5 Å². The number of H-pyrrole nitrogens is 2. The Morgan fingerprint density at radius 2 is 2.00 bits per heavy atom. The van der Waals surface area contributed by atoms with Crippen LogP contribution in [-0.4, -0.2) is 45.8 Å². The fourth-order valence-electron chi connectivity index (χ4n) is 3.24. The van der Waals surface area contributed by atoms with E-state index in [0.29, 0.717) is 18.9 Å². The first kappa shape index (κ1) is 20.0. The van der Waals surface area contributed by atoms with Crippen molar-refractivity contribution in [2.75, 3.05) is 20.8 Å². The molecule has 0 unspecified atom stereocenters. The van der Waals surface area contributed by atoms with Crippen molar-refractivity contribution < 1.29 is 4.74 Å². The number of aryl methyl sites for hydroxylation is 2. The van der Waals surface area contributed by atoms with E-state index in [1.807, 2.05) is 26.0 Å². The molecule has 7 nitrogen and oxygen atoms in total. The van der Waals surface area contributed by atoms with Crippen molar-refractivity contribution in [3.63, 3.8) is 0 Å². The smallest absolute Gasteiger partial charge is 0.251 e. The third-order valence-corrected chi connectivity index (χ3v) is 4.72. The molecule has 0 saturated heterocycles. The van der Waals surface area contributed by atoms with Gasteiger partial charge in [-0.25, -0.2) is 4.98 Å². The molecule has 148 valence electrons. The van der Waals surface area contributed by atoms with Crippen LogP contribution in [-0.2, 0) is 24.2 Å². The number of ether oxygens (including phenoxy) is 1. The minimum absolute atomic E-state index is 0.149. The molecule has 0 bridgehead atoms. The normalized spacial score (nSPS) is 11.3. The average Bonchev–Trinajstić information content (AvgIpc) is 2.98. The Kier molecular flexibility index (Phi) is 6.38. The lowest BCUT2D eigenvalue weighted by Gasteiger charge is -2.17. The number of methoxy groups -OCH3 is 1. The molecule has 0 aliphatic rings. The van der Waals surface area contributed by atoms with Crippen LogP contribution in [0.5, 0.6) is 0 Å². The van der Waals surface area contributed by atoms with Crippen LogP contribution in [0.15, 0.2) is 35.1 Å². The van der Waals surface area contributed by atoms with Crippen LogP contribution in [0.3, 0.4) is 0 Å². The summed E-state index contributed by atoms with van der Waals surface area (Å²) < 4.78 is 5.09. The zero-order valence-electron chi connectivity index (χ0n) is 16.9. The summed E-state index contributed by atoms with van der Waals surface area (Å²) in [6.45, 7) is 6.20. The van der Waals surface area contributed by atoms with E-state index in [9.17, 15) is 4.79 Å². The van der Waals surface area contributed by atoms with Crippen molar-refractivity contribution in [3.8, 4) is 11.4 Å². The lowest BCUT2D eigenvalue weighted by atomic mass is 10.1. The molecule has 0 radical (unpaired) electrons. The van der Waals surface area contributed by atoms with E-state index in [4.69, 9.17) is 4.74 Å². The Morgan fingerprint density at radius 1 is 1.18 bits per heavy atom. The Bertz CT molecular complexity index is 973. The summed E-state index contributed by atoms with van der Waals surface area (Å²) in [6.07, 6.45) is 0.610. The highest BCUT2D eigenvalue weighted by Crippen LogP contribution is 2.18. The topological polar surface area (TPSA) is 86.9 Å². The maximum atomic E-state index is 12.0. The molecule has 0 fully saturated rings. The SMILES string of the molecule is COCCc1cc(=O)[nH]c(-c2cccc(CN(C)Cc3c(C)n[nH]c3C)c2)n1. The van der Waals surface area contributed by atoms with Crippen LogP contribution >= 0.6 is 0 Å². The van der Waals surface area contributed by atoms with Crippen molar-refractivity contribution in [1.82, 2.24) is 25.1 Å². The van der Waals surface area contributed by atoms with Gasteiger partial charge >= 0.3 is 0 Å². The number of benzene rings is 1. The zero-order chi connectivity index (χ0) is 20.1. The monoisotopic (exact) mass is 381 g/mol. The molecule has 3 aromatic rings. The summed E-state index contributed by atoms with van der Waals surface area (Å²) in [5, 5.41) is 7.30. The van der Waals surface area contributed by atoms with Gasteiger partial charge in [-0.2, -0.15) is 5.10 Å². The summed E-state index contributed by atoms with van der Waals surface area (Å²) in [6, 6.07) is 9.64. The Labute approximate surface area is 164 Å². The van der Waals surface area contributed by atoms with Gasteiger partial charge in [0.25, 0.3) is 5.56 Å². The molecule has 2 heterocycles. The van der Waals surface area contributed by atoms with Crippen LogP contribution in [0.1, 0.15) is 28.2 Å². The quantitative estimate of drug-likeness (QED) is 0.626. The summed E-state index contributed by atoms with van der Waals surface area (Å²) in [4.78, 5) is 21.7. The summed E-state index contributed by atoms with van der Waals surface area (Å²) in [5.41, 5.74) is 6.01. The Hall–Kier alpha value is -2.77. The van der Waals surface area contributed by atoms with Crippen LogP contribution in [0, 0.1) is 13.8 Å². The maximum absolute atomic E-state index is 12.0. The average molecular weight is 381 g/mol. The molecule has 0 aliphatic heterocycles. The number of hydrogen-bond donors (Lipinski definition) is 2. The molecule has 7 heteroatoms. The van der Waals surface area contributed by atoms with Gasteiger partial charge in [-0.1, -0.05) is 18.2 Å². The van der Waals surface area contributed by atoms with E-state index in [2.05, 4.69) is 44.2 Å². The molecule has 2 aromatic heterocycles. The van der Waals surface area contributed by atoms with Crippen LogP contribution < -0.4 is 5.56 Å². The molecule has 0 atom stereocenters. The molecule has 0 aliphatic carbocycles. The first-order chi connectivity index (χ1) is 13.5. The molecule has 1 aromatic carbocycles. The van der Waals surface area contributed by atoms with Gasteiger partial charge in [-0.3, -0.25) is 14.8 Å². The number of nitrogens with one attached hydrogen (secondary N) is 2. The van der Waals surface area contributed by atoms with Crippen LogP contribution in [0.25, 0.3) is 11.4 Å². The zero-order valence-corrected chi connectivity index (χ0v) is 16.9. The summed E-state index contributed by atoms with van der Waals surface area (Å²) >= 11 is 0. The first-order valence-corrected chi connectivity index (χ1v) is 9.33. The van der Waals surface area contributed by atoms with E-state index in [0.717, 1.165) is 41.3 Å². The van der Waals surface area contributed by atoms with E-state index in [-0.39, 0.29) is 5.56 Å². The lowest BCUT2D eigenvalue weighted by Crippen LogP contribution is -2.18. The van der Waals surface area contributed by atoms with Crippen molar-refractivity contribution in [2.45, 2.75) is 33.4 Å². The van der Waals surface area contributed by atoms with Gasteiger partial charge in [0.05, 0.1) is 18.0 Å². The number of rotatable bonds is 8. The second kappa shape index (κ2) is 8.95. The first-order valence-electron chi connectivity index (χ1n) is 9.33. The number of nitrogens with zero attached hydrogens (tertiary/aromatic N) is 3. The molecule has 2 N–H and O–H groups in total. The van der Waals surface area contributed by atoms with Gasteiger partial charge in [0.15, 0.2) is 0 Å². The second-order valence-corrected chi connectivity index (χ2v) is 7.11. The second-order valence-electron chi connectivity index (χ2n) is 7.11. The molecular weight excluding hydrogens is 354 g/mol. The van der Waals surface area contributed by atoms with Crippen molar-refractivity contribution in [2.24, 2.45) is 0 Å². The van der Waals surface area contributed by atoms with E-state index >= 15 is 0 Å². The van der Waals surface area contributed by atoms with Gasteiger partial charge in [-0.15, -0.1) is 0 Å². The molecule has 3 rings (SSSR count). The minimum atomic E-state index is -0.149. The highest BCUT2D eigenvalue weighted by atomic mass is 16.5. The predicted octanol–water partition coefficient (Wildman–Crippen LogP) is 2.60. The fraction of sp³-hybridized carbons (Fsp3) is 0.381. The van der Waals surface area contributed by atoms with Gasteiger partial charge in [-0.05, 0) is 32.5 Å². The highest BCUT2D eigenvalue weighted by molar-refractivity contribution is 5.56. The maximum Gasteiger partial charge on any atom is 0.251 e. The largest absolute Gasteiger partial charge is 0.384 e. The summed E-state index contributed by atoms with van der Waals surface area (Å²) in [7, 11) is 3.73. The van der Waals surface area contributed by atoms with E-state index < -0.39 is 0 Å². The van der Waals surface area contributed by atoms with Crippen LogP contribution in [0.4, 0.5) is 0 Å². The molecule has 0 saturated carbocycles. The standard InChI is InChI=1S/C21H27N5O2/c1-14-19(15(2)25-24-14)13-26(3)12-16-6-5-7-17(10-16)21-22-18(8-9-28-4)11-20(27)23-21/h5-7,10-11H,8-9,12-13H2,1-4H3,(H,24,25)(H,22,23,27). The van der Waals surface area contributed by atoms with Gasteiger partial charge in [0.2, 0.25) is 0 Å². The van der Waals surface area contributed by atoms with Gasteiger partial charge < -0.3 is 9.72 Å². The molecule has 0 amide bonds. The molecule has 0 spiro atoms. The highest BCUT2D eigenvalue weighted by Gasteiger charge is 2.11. The minimum Gasteiger partial charge on any atom is -0.384 e.